The smallest absolute Gasteiger partial charge is 0.258 e. The molecule has 1 atom stereocenters. The van der Waals surface area contributed by atoms with Crippen LogP contribution in [0.1, 0.15) is 35.9 Å². The summed E-state index contributed by atoms with van der Waals surface area (Å²) in [5, 5.41) is 0.0646. The molecule has 2 heterocycles. The maximum atomic E-state index is 12.1. The second kappa shape index (κ2) is 4.82. The van der Waals surface area contributed by atoms with E-state index >= 15 is 0 Å². The summed E-state index contributed by atoms with van der Waals surface area (Å²) in [5.41, 5.74) is 0.831. The molecular weight excluding hydrogens is 266 g/mol. The summed E-state index contributed by atoms with van der Waals surface area (Å²) in [5.74, 6) is 2.03. The Morgan fingerprint density at radius 3 is 2.53 bits per heavy atom. The number of hydrogen-bond donors (Lipinski definition) is 2. The Bertz CT molecular complexity index is 685. The molecule has 0 saturated carbocycles. The van der Waals surface area contributed by atoms with Gasteiger partial charge in [0, 0.05) is 11.6 Å². The lowest BCUT2D eigenvalue weighted by molar-refractivity contribution is 0.496. The first kappa shape index (κ1) is 13.8. The number of rotatable bonds is 4. The van der Waals surface area contributed by atoms with Gasteiger partial charge in [0.1, 0.15) is 17.3 Å². The Morgan fingerprint density at radius 2 is 2.05 bits per heavy atom. The summed E-state index contributed by atoms with van der Waals surface area (Å²) in [6, 6.07) is 1.46. The van der Waals surface area contributed by atoms with Crippen molar-refractivity contribution < 1.29 is 12.8 Å². The van der Waals surface area contributed by atoms with Crippen LogP contribution in [-0.4, -0.2) is 18.4 Å². The van der Waals surface area contributed by atoms with Crippen molar-refractivity contribution in [1.82, 2.24) is 14.7 Å². The SMILES string of the molecule is Cc1ncc(S(=O)(=O)NC(C)c2cc(C)oc2C)[nH]1. The lowest BCUT2D eigenvalue weighted by Gasteiger charge is -2.12. The van der Waals surface area contributed by atoms with Crippen molar-refractivity contribution in [3.05, 3.63) is 35.2 Å². The molecule has 2 N–H and O–H groups in total. The van der Waals surface area contributed by atoms with Crippen LogP contribution in [0, 0.1) is 20.8 Å². The molecule has 0 fully saturated rings. The van der Waals surface area contributed by atoms with Crippen molar-refractivity contribution >= 4 is 10.0 Å². The number of imidazole rings is 1. The molecule has 104 valence electrons. The van der Waals surface area contributed by atoms with Gasteiger partial charge in [0.05, 0.1) is 6.20 Å². The molecule has 19 heavy (non-hydrogen) atoms. The largest absolute Gasteiger partial charge is 0.466 e. The van der Waals surface area contributed by atoms with Gasteiger partial charge in [0.25, 0.3) is 10.0 Å². The Kier molecular flexibility index (Phi) is 3.51. The average molecular weight is 283 g/mol. The van der Waals surface area contributed by atoms with Gasteiger partial charge in [-0.15, -0.1) is 0 Å². The number of aromatic amines is 1. The predicted octanol–water partition coefficient (Wildman–Crippen LogP) is 1.97. The minimum absolute atomic E-state index is 0.0646. The third-order valence-corrected chi connectivity index (χ3v) is 4.30. The van der Waals surface area contributed by atoms with E-state index < -0.39 is 10.0 Å². The molecule has 7 heteroatoms. The number of aromatic nitrogens is 2. The van der Waals surface area contributed by atoms with Gasteiger partial charge in [-0.2, -0.15) is 0 Å². The zero-order chi connectivity index (χ0) is 14.2. The molecule has 0 saturated heterocycles. The van der Waals surface area contributed by atoms with E-state index in [0.717, 1.165) is 11.3 Å². The van der Waals surface area contributed by atoms with Crippen molar-refractivity contribution in [3.63, 3.8) is 0 Å². The first-order valence-corrected chi connectivity index (χ1v) is 7.39. The Hall–Kier alpha value is -1.60. The minimum atomic E-state index is -3.60. The highest BCUT2D eigenvalue weighted by molar-refractivity contribution is 7.89. The number of nitrogens with one attached hydrogen (secondary N) is 2. The van der Waals surface area contributed by atoms with E-state index in [9.17, 15) is 8.42 Å². The summed E-state index contributed by atoms with van der Waals surface area (Å²) in [7, 11) is -3.60. The van der Waals surface area contributed by atoms with Crippen LogP contribution in [-0.2, 0) is 10.0 Å². The van der Waals surface area contributed by atoms with Gasteiger partial charge in [0.15, 0.2) is 5.03 Å². The molecule has 0 aliphatic rings. The molecule has 0 bridgehead atoms. The fourth-order valence-corrected chi connectivity index (χ4v) is 3.17. The van der Waals surface area contributed by atoms with Crippen molar-refractivity contribution in [2.75, 3.05) is 0 Å². The molecule has 0 amide bonds. The van der Waals surface area contributed by atoms with E-state index in [2.05, 4.69) is 14.7 Å². The van der Waals surface area contributed by atoms with Crippen LogP contribution in [0.5, 0.6) is 0 Å². The summed E-state index contributed by atoms with van der Waals surface area (Å²) in [4.78, 5) is 6.60. The maximum absolute atomic E-state index is 12.1. The maximum Gasteiger partial charge on any atom is 0.258 e. The van der Waals surface area contributed by atoms with E-state index in [4.69, 9.17) is 4.42 Å². The Balaban J connectivity index is 2.23. The molecule has 2 aromatic heterocycles. The number of hydrogen-bond acceptors (Lipinski definition) is 4. The zero-order valence-electron chi connectivity index (χ0n) is 11.3. The molecule has 6 nitrogen and oxygen atoms in total. The lowest BCUT2D eigenvalue weighted by Crippen LogP contribution is -2.27. The number of nitrogens with zero attached hydrogens (tertiary/aromatic N) is 1. The van der Waals surface area contributed by atoms with E-state index in [0.29, 0.717) is 11.6 Å². The van der Waals surface area contributed by atoms with Crippen molar-refractivity contribution in [1.29, 1.82) is 0 Å². The average Bonchev–Trinajstić information content (AvgIpc) is 2.84. The van der Waals surface area contributed by atoms with Gasteiger partial charge >= 0.3 is 0 Å². The highest BCUT2D eigenvalue weighted by Gasteiger charge is 2.22. The molecule has 0 aliphatic carbocycles. The monoisotopic (exact) mass is 283 g/mol. The number of furan rings is 1. The van der Waals surface area contributed by atoms with Crippen LogP contribution in [0.25, 0.3) is 0 Å². The number of sulfonamides is 1. The first-order valence-electron chi connectivity index (χ1n) is 5.90. The van der Waals surface area contributed by atoms with E-state index in [1.807, 2.05) is 19.9 Å². The minimum Gasteiger partial charge on any atom is -0.466 e. The van der Waals surface area contributed by atoms with E-state index in [1.165, 1.54) is 6.20 Å². The standard InChI is InChI=1S/C12H17N3O3S/c1-7-5-11(9(3)18-7)8(2)15-19(16,17)12-6-13-10(4)14-12/h5-6,8,15H,1-4H3,(H,13,14). The summed E-state index contributed by atoms with van der Waals surface area (Å²) >= 11 is 0. The highest BCUT2D eigenvalue weighted by atomic mass is 32.2. The van der Waals surface area contributed by atoms with Gasteiger partial charge in [-0.05, 0) is 33.8 Å². The molecule has 0 radical (unpaired) electrons. The highest BCUT2D eigenvalue weighted by Crippen LogP contribution is 2.22. The molecule has 2 aromatic rings. The Morgan fingerprint density at radius 1 is 1.37 bits per heavy atom. The van der Waals surface area contributed by atoms with E-state index in [-0.39, 0.29) is 11.1 Å². The van der Waals surface area contributed by atoms with Crippen LogP contribution in [0.3, 0.4) is 0 Å². The molecule has 0 aromatic carbocycles. The van der Waals surface area contributed by atoms with Crippen LogP contribution in [0.2, 0.25) is 0 Å². The fraction of sp³-hybridized carbons (Fsp3) is 0.417. The topological polar surface area (TPSA) is 88.0 Å². The molecule has 0 aliphatic heterocycles. The number of aryl methyl sites for hydroxylation is 3. The van der Waals surface area contributed by atoms with Gasteiger partial charge in [0.2, 0.25) is 0 Å². The molecule has 2 rings (SSSR count). The number of H-pyrrole nitrogens is 1. The summed E-state index contributed by atoms with van der Waals surface area (Å²) in [6.45, 7) is 7.12. The third-order valence-electron chi connectivity index (χ3n) is 2.85. The van der Waals surface area contributed by atoms with Crippen molar-refractivity contribution in [2.24, 2.45) is 0 Å². The van der Waals surface area contributed by atoms with Gasteiger partial charge in [-0.25, -0.2) is 18.1 Å². The zero-order valence-corrected chi connectivity index (χ0v) is 12.1. The third kappa shape index (κ3) is 2.87. The van der Waals surface area contributed by atoms with E-state index in [1.54, 1.807) is 13.8 Å². The Labute approximate surface area is 112 Å². The quantitative estimate of drug-likeness (QED) is 0.898. The van der Waals surface area contributed by atoms with Crippen LogP contribution in [0.4, 0.5) is 0 Å². The lowest BCUT2D eigenvalue weighted by atomic mass is 10.1. The first-order chi connectivity index (χ1) is 8.79. The normalized spacial score (nSPS) is 13.7. The predicted molar refractivity (Wildman–Crippen MR) is 70.2 cm³/mol. The van der Waals surface area contributed by atoms with Gasteiger partial charge < -0.3 is 9.40 Å². The van der Waals surface area contributed by atoms with Crippen LogP contribution >= 0.6 is 0 Å². The van der Waals surface area contributed by atoms with Crippen LogP contribution in [0.15, 0.2) is 21.7 Å². The second-order valence-electron chi connectivity index (χ2n) is 4.54. The molecule has 0 spiro atoms. The van der Waals surface area contributed by atoms with Gasteiger partial charge in [-0.3, -0.25) is 0 Å². The summed E-state index contributed by atoms with van der Waals surface area (Å²) < 4.78 is 32.3. The molecule has 1 unspecified atom stereocenters. The van der Waals surface area contributed by atoms with Crippen molar-refractivity contribution in [3.8, 4) is 0 Å². The summed E-state index contributed by atoms with van der Waals surface area (Å²) in [6.07, 6.45) is 1.30. The van der Waals surface area contributed by atoms with Gasteiger partial charge in [-0.1, -0.05) is 0 Å². The van der Waals surface area contributed by atoms with Crippen molar-refractivity contribution in [2.45, 2.75) is 38.8 Å². The fourth-order valence-electron chi connectivity index (χ4n) is 1.97. The van der Waals surface area contributed by atoms with Crippen LogP contribution < -0.4 is 4.72 Å². The molecular formula is C12H17N3O3S. The second-order valence-corrected chi connectivity index (χ2v) is 6.23.